The number of nitrogens with zero attached hydrogens (tertiary/aromatic N) is 1. The third kappa shape index (κ3) is 6.54. The molecule has 0 aliphatic heterocycles. The van der Waals surface area contributed by atoms with Crippen LogP contribution in [-0.2, 0) is 9.59 Å². The van der Waals surface area contributed by atoms with Crippen LogP contribution < -0.4 is 10.6 Å². The van der Waals surface area contributed by atoms with E-state index in [0.717, 1.165) is 6.42 Å². The van der Waals surface area contributed by atoms with E-state index in [1.807, 2.05) is 6.92 Å². The highest BCUT2D eigenvalue weighted by atomic mass is 35.5. The van der Waals surface area contributed by atoms with Gasteiger partial charge in [0, 0.05) is 17.3 Å². The minimum atomic E-state index is -0.168. The van der Waals surface area contributed by atoms with Crippen LogP contribution in [0.2, 0.25) is 5.02 Å². The lowest BCUT2D eigenvalue weighted by Crippen LogP contribution is -2.39. The van der Waals surface area contributed by atoms with Crippen LogP contribution in [0.15, 0.2) is 24.3 Å². The summed E-state index contributed by atoms with van der Waals surface area (Å²) in [5.41, 5.74) is 0.684. The minimum Gasteiger partial charge on any atom is -0.355 e. The second-order valence-corrected chi connectivity index (χ2v) is 5.01. The van der Waals surface area contributed by atoms with E-state index in [9.17, 15) is 9.59 Å². The number of likely N-dealkylation sites (N-methyl/N-ethyl adjacent to an activating group) is 1. The molecule has 1 aromatic rings. The molecule has 6 heteroatoms. The molecule has 0 saturated carbocycles. The maximum atomic E-state index is 11.8. The summed E-state index contributed by atoms with van der Waals surface area (Å²) in [4.78, 5) is 24.9. The number of hydrogen-bond acceptors (Lipinski definition) is 3. The van der Waals surface area contributed by atoms with Crippen LogP contribution in [0, 0.1) is 0 Å². The highest BCUT2D eigenvalue weighted by Gasteiger charge is 2.10. The van der Waals surface area contributed by atoms with Crippen molar-refractivity contribution in [1.82, 2.24) is 10.2 Å². The van der Waals surface area contributed by atoms with Gasteiger partial charge in [-0.25, -0.2) is 0 Å². The van der Waals surface area contributed by atoms with Gasteiger partial charge in [0.1, 0.15) is 0 Å². The number of amides is 2. The largest absolute Gasteiger partial charge is 0.355 e. The summed E-state index contributed by atoms with van der Waals surface area (Å²) >= 11 is 5.77. The molecule has 0 aromatic heterocycles. The number of hydrogen-bond donors (Lipinski definition) is 2. The molecule has 0 radical (unpaired) electrons. The molecule has 1 rings (SSSR count). The molecule has 0 aliphatic rings. The number of anilines is 1. The van der Waals surface area contributed by atoms with Gasteiger partial charge in [-0.05, 0) is 37.7 Å². The van der Waals surface area contributed by atoms with Crippen molar-refractivity contribution in [2.75, 3.05) is 32.0 Å². The van der Waals surface area contributed by atoms with E-state index in [1.165, 1.54) is 0 Å². The third-order valence-corrected chi connectivity index (χ3v) is 2.78. The Balaban J connectivity index is 2.34. The van der Waals surface area contributed by atoms with Gasteiger partial charge in [-0.1, -0.05) is 18.5 Å². The Bertz CT molecular complexity index is 448. The van der Waals surface area contributed by atoms with Crippen molar-refractivity contribution in [3.63, 3.8) is 0 Å². The molecule has 0 fully saturated rings. The fraction of sp³-hybridized carbons (Fsp3) is 0.429. The normalized spacial score (nSPS) is 10.4. The molecule has 0 saturated heterocycles. The molecule has 0 aliphatic carbocycles. The van der Waals surface area contributed by atoms with Crippen molar-refractivity contribution in [1.29, 1.82) is 0 Å². The summed E-state index contributed by atoms with van der Waals surface area (Å²) < 4.78 is 0. The van der Waals surface area contributed by atoms with E-state index in [1.54, 1.807) is 36.2 Å². The Kier molecular flexibility index (Phi) is 7.04. The molecule has 0 spiro atoms. The summed E-state index contributed by atoms with van der Waals surface area (Å²) in [7, 11) is 1.73. The van der Waals surface area contributed by atoms with Gasteiger partial charge in [0.25, 0.3) is 0 Å². The van der Waals surface area contributed by atoms with Crippen molar-refractivity contribution in [2.45, 2.75) is 13.3 Å². The Morgan fingerprint density at radius 1 is 1.15 bits per heavy atom. The van der Waals surface area contributed by atoms with Crippen LogP contribution in [0.1, 0.15) is 13.3 Å². The van der Waals surface area contributed by atoms with E-state index < -0.39 is 0 Å². The second kappa shape index (κ2) is 8.55. The lowest BCUT2D eigenvalue weighted by Gasteiger charge is -2.15. The van der Waals surface area contributed by atoms with Crippen molar-refractivity contribution >= 4 is 29.1 Å². The Morgan fingerprint density at radius 2 is 1.75 bits per heavy atom. The average molecular weight is 298 g/mol. The molecule has 2 amide bonds. The van der Waals surface area contributed by atoms with Gasteiger partial charge >= 0.3 is 0 Å². The van der Waals surface area contributed by atoms with Crippen molar-refractivity contribution in [3.8, 4) is 0 Å². The topological polar surface area (TPSA) is 61.4 Å². The first-order valence-corrected chi connectivity index (χ1v) is 6.89. The van der Waals surface area contributed by atoms with Gasteiger partial charge in [0.15, 0.2) is 0 Å². The molecule has 0 unspecified atom stereocenters. The Hall–Kier alpha value is -1.59. The minimum absolute atomic E-state index is 0.0753. The predicted octanol–water partition coefficient (Wildman–Crippen LogP) is 1.74. The molecule has 110 valence electrons. The van der Waals surface area contributed by atoms with Gasteiger partial charge < -0.3 is 10.6 Å². The first kappa shape index (κ1) is 16.5. The summed E-state index contributed by atoms with van der Waals surface area (Å²) in [5.74, 6) is -0.244. The van der Waals surface area contributed by atoms with Crippen molar-refractivity contribution in [3.05, 3.63) is 29.3 Å². The second-order valence-electron chi connectivity index (χ2n) is 4.58. The molecule has 5 nitrogen and oxygen atoms in total. The van der Waals surface area contributed by atoms with Gasteiger partial charge in [-0.15, -0.1) is 0 Å². The Morgan fingerprint density at radius 3 is 2.35 bits per heavy atom. The highest BCUT2D eigenvalue weighted by Crippen LogP contribution is 2.13. The lowest BCUT2D eigenvalue weighted by atomic mass is 10.3. The predicted molar refractivity (Wildman–Crippen MR) is 80.9 cm³/mol. The molecular weight excluding hydrogens is 278 g/mol. The zero-order chi connectivity index (χ0) is 15.0. The molecule has 0 bridgehead atoms. The fourth-order valence-corrected chi connectivity index (χ4v) is 1.73. The van der Waals surface area contributed by atoms with E-state index in [0.29, 0.717) is 17.3 Å². The van der Waals surface area contributed by atoms with E-state index in [-0.39, 0.29) is 24.9 Å². The van der Waals surface area contributed by atoms with E-state index in [4.69, 9.17) is 11.6 Å². The lowest BCUT2D eigenvalue weighted by molar-refractivity contribution is -0.122. The molecule has 0 atom stereocenters. The quantitative estimate of drug-likeness (QED) is 0.806. The SMILES string of the molecule is CCCNC(=O)CN(C)CC(=O)Nc1ccc(Cl)cc1. The van der Waals surface area contributed by atoms with E-state index >= 15 is 0 Å². The van der Waals surface area contributed by atoms with Crippen LogP contribution in [0.4, 0.5) is 5.69 Å². The van der Waals surface area contributed by atoms with Gasteiger partial charge in [0.05, 0.1) is 13.1 Å². The number of benzene rings is 1. The maximum Gasteiger partial charge on any atom is 0.238 e. The molecular formula is C14H20ClN3O2. The Labute approximate surface area is 124 Å². The molecule has 2 N–H and O–H groups in total. The first-order chi connectivity index (χ1) is 9.51. The zero-order valence-corrected chi connectivity index (χ0v) is 12.5. The zero-order valence-electron chi connectivity index (χ0n) is 11.8. The summed E-state index contributed by atoms with van der Waals surface area (Å²) in [5, 5.41) is 6.13. The number of rotatable bonds is 7. The van der Waals surface area contributed by atoms with Crippen LogP contribution in [-0.4, -0.2) is 43.4 Å². The summed E-state index contributed by atoms with van der Waals surface area (Å²) in [6, 6.07) is 6.88. The third-order valence-electron chi connectivity index (χ3n) is 2.53. The number of nitrogens with one attached hydrogen (secondary N) is 2. The number of carbonyl (C=O) groups excluding carboxylic acids is 2. The smallest absolute Gasteiger partial charge is 0.238 e. The number of carbonyl (C=O) groups is 2. The standard InChI is InChI=1S/C14H20ClN3O2/c1-3-8-16-13(19)9-18(2)10-14(20)17-12-6-4-11(15)5-7-12/h4-7H,3,8-10H2,1-2H3,(H,16,19)(H,17,20). The summed E-state index contributed by atoms with van der Waals surface area (Å²) in [6.07, 6.45) is 0.895. The fourth-order valence-electron chi connectivity index (χ4n) is 1.60. The van der Waals surface area contributed by atoms with Crippen molar-refractivity contribution < 1.29 is 9.59 Å². The van der Waals surface area contributed by atoms with Crippen molar-refractivity contribution in [2.24, 2.45) is 0 Å². The van der Waals surface area contributed by atoms with Crippen LogP contribution in [0.5, 0.6) is 0 Å². The molecule has 0 heterocycles. The highest BCUT2D eigenvalue weighted by molar-refractivity contribution is 6.30. The van der Waals surface area contributed by atoms with Gasteiger partial charge in [-0.3, -0.25) is 14.5 Å². The van der Waals surface area contributed by atoms with Crippen LogP contribution in [0.3, 0.4) is 0 Å². The average Bonchev–Trinajstić information content (AvgIpc) is 2.38. The van der Waals surface area contributed by atoms with E-state index in [2.05, 4.69) is 10.6 Å². The summed E-state index contributed by atoms with van der Waals surface area (Å²) in [6.45, 7) is 3.00. The molecule has 1 aromatic carbocycles. The molecule has 20 heavy (non-hydrogen) atoms. The first-order valence-electron chi connectivity index (χ1n) is 6.52. The van der Waals surface area contributed by atoms with Gasteiger partial charge in [-0.2, -0.15) is 0 Å². The maximum absolute atomic E-state index is 11.8. The van der Waals surface area contributed by atoms with Gasteiger partial charge in [0.2, 0.25) is 11.8 Å². The van der Waals surface area contributed by atoms with Crippen LogP contribution in [0.25, 0.3) is 0 Å². The monoisotopic (exact) mass is 297 g/mol. The van der Waals surface area contributed by atoms with Crippen LogP contribution >= 0.6 is 11.6 Å². The number of halogens is 1.